The SMILES string of the molecule is COC(=O)c1cc(NC(=O)c2cccc(N=C(N)N)c2)ccc1CCC(=O)O.NC(N)=Nc1cccc(C(=O)Nc2ccc(CCC(=O)O)c(C(=O)O)c2)c1. The summed E-state index contributed by atoms with van der Waals surface area (Å²) in [5.41, 5.74) is 24.4. The molecule has 4 aromatic carbocycles. The number of aryl methyl sites for hydroxylation is 2. The number of methoxy groups -OCH3 is 1. The summed E-state index contributed by atoms with van der Waals surface area (Å²) in [7, 11) is 1.23. The van der Waals surface area contributed by atoms with E-state index in [1.54, 1.807) is 48.5 Å². The van der Waals surface area contributed by atoms with Gasteiger partial charge in [0.1, 0.15) is 0 Å². The normalized spacial score (nSPS) is 10.1. The maximum absolute atomic E-state index is 12.5. The Balaban J connectivity index is 0.000000296. The van der Waals surface area contributed by atoms with E-state index >= 15 is 0 Å². The van der Waals surface area contributed by atoms with E-state index in [9.17, 15) is 33.9 Å². The molecule has 18 nitrogen and oxygen atoms in total. The zero-order valence-electron chi connectivity index (χ0n) is 29.3. The van der Waals surface area contributed by atoms with Gasteiger partial charge >= 0.3 is 23.9 Å². The minimum absolute atomic E-state index is 0.0664. The smallest absolute Gasteiger partial charge is 0.338 e. The number of nitrogens with zero attached hydrogens (tertiary/aromatic N) is 2. The lowest BCUT2D eigenvalue weighted by molar-refractivity contribution is -0.138. The number of ether oxygens (including phenoxy) is 1. The number of aromatic carboxylic acids is 1. The van der Waals surface area contributed by atoms with Crippen molar-refractivity contribution in [3.05, 3.63) is 118 Å². The van der Waals surface area contributed by atoms with E-state index in [1.807, 2.05) is 0 Å². The Morgan fingerprint density at radius 1 is 0.600 bits per heavy atom. The number of carbonyl (C=O) groups is 6. The van der Waals surface area contributed by atoms with Crippen LogP contribution in [0.5, 0.6) is 0 Å². The number of carboxylic acids is 3. The summed E-state index contributed by atoms with van der Waals surface area (Å²) in [6, 6.07) is 21.5. The highest BCUT2D eigenvalue weighted by molar-refractivity contribution is 6.06. The number of benzene rings is 4. The third-order valence-electron chi connectivity index (χ3n) is 7.32. The highest BCUT2D eigenvalue weighted by atomic mass is 16.5. The molecule has 0 aliphatic heterocycles. The van der Waals surface area contributed by atoms with Gasteiger partial charge in [-0.25, -0.2) is 19.6 Å². The summed E-state index contributed by atoms with van der Waals surface area (Å²) in [6.07, 6.45) is -0.0862. The van der Waals surface area contributed by atoms with Gasteiger partial charge in [0.25, 0.3) is 11.8 Å². The number of nitrogens with one attached hydrogen (secondary N) is 2. The van der Waals surface area contributed by atoms with Gasteiger partial charge in [0.05, 0.1) is 29.6 Å². The monoisotopic (exact) mass is 754 g/mol. The van der Waals surface area contributed by atoms with Crippen molar-refractivity contribution >= 4 is 70.4 Å². The number of carbonyl (C=O) groups excluding carboxylic acids is 3. The Hall–Kier alpha value is -7.76. The molecule has 0 saturated carbocycles. The first kappa shape index (κ1) is 41.7. The number of esters is 1. The first-order chi connectivity index (χ1) is 26.1. The summed E-state index contributed by atoms with van der Waals surface area (Å²) >= 11 is 0. The quantitative estimate of drug-likeness (QED) is 0.0507. The molecule has 0 saturated heterocycles. The molecule has 0 aliphatic carbocycles. The molecule has 55 heavy (non-hydrogen) atoms. The van der Waals surface area contributed by atoms with E-state index in [4.69, 9.17) is 37.9 Å². The third kappa shape index (κ3) is 13.4. The van der Waals surface area contributed by atoms with Crippen molar-refractivity contribution < 1.29 is 48.8 Å². The molecule has 286 valence electrons. The largest absolute Gasteiger partial charge is 0.481 e. The van der Waals surface area contributed by atoms with Crippen molar-refractivity contribution in [2.45, 2.75) is 25.7 Å². The fourth-order valence-electron chi connectivity index (χ4n) is 4.86. The number of amides is 2. The van der Waals surface area contributed by atoms with Crippen LogP contribution < -0.4 is 33.6 Å². The van der Waals surface area contributed by atoms with Gasteiger partial charge in [0.2, 0.25) is 0 Å². The van der Waals surface area contributed by atoms with Gasteiger partial charge < -0.3 is 53.6 Å². The van der Waals surface area contributed by atoms with E-state index in [0.29, 0.717) is 33.8 Å². The lowest BCUT2D eigenvalue weighted by Crippen LogP contribution is -2.22. The van der Waals surface area contributed by atoms with Gasteiger partial charge in [0, 0.05) is 35.3 Å². The molecule has 13 N–H and O–H groups in total. The molecule has 0 atom stereocenters. The predicted molar refractivity (Wildman–Crippen MR) is 203 cm³/mol. The Labute approximate surface area is 313 Å². The Kier molecular flexibility index (Phi) is 15.0. The maximum Gasteiger partial charge on any atom is 0.338 e. The fraction of sp³-hybridized carbons (Fsp3) is 0.135. The van der Waals surface area contributed by atoms with Gasteiger partial charge in [-0.15, -0.1) is 0 Å². The van der Waals surface area contributed by atoms with Crippen LogP contribution in [-0.4, -0.2) is 70.0 Å². The zero-order chi connectivity index (χ0) is 40.7. The maximum atomic E-state index is 12.5. The van der Waals surface area contributed by atoms with Crippen LogP contribution >= 0.6 is 0 Å². The van der Waals surface area contributed by atoms with Crippen molar-refractivity contribution in [1.82, 2.24) is 0 Å². The molecule has 0 heterocycles. The summed E-state index contributed by atoms with van der Waals surface area (Å²) in [5.74, 6) is -5.00. The topological polar surface area (TPSA) is 325 Å². The number of aliphatic imine (C=N–C) groups is 2. The van der Waals surface area contributed by atoms with Crippen LogP contribution in [0, 0.1) is 0 Å². The van der Waals surface area contributed by atoms with Gasteiger partial charge in [0.15, 0.2) is 11.9 Å². The van der Waals surface area contributed by atoms with E-state index < -0.39 is 35.7 Å². The van der Waals surface area contributed by atoms with Crippen molar-refractivity contribution in [3.8, 4) is 0 Å². The molecule has 2 amide bonds. The second kappa shape index (κ2) is 19.7. The number of rotatable bonds is 14. The fourth-order valence-corrected chi connectivity index (χ4v) is 4.86. The number of hydrogen-bond acceptors (Lipinski definition) is 9. The van der Waals surface area contributed by atoms with Gasteiger partial charge in [-0.05, 0) is 84.6 Å². The number of nitrogens with two attached hydrogens (primary N) is 4. The molecule has 4 aromatic rings. The highest BCUT2D eigenvalue weighted by Crippen LogP contribution is 2.22. The number of hydrogen-bond donors (Lipinski definition) is 9. The van der Waals surface area contributed by atoms with Crippen molar-refractivity contribution in [2.24, 2.45) is 32.9 Å². The lowest BCUT2D eigenvalue weighted by Gasteiger charge is -2.11. The molecule has 18 heteroatoms. The van der Waals surface area contributed by atoms with E-state index in [-0.39, 0.29) is 60.0 Å². The van der Waals surface area contributed by atoms with Crippen molar-refractivity contribution in [1.29, 1.82) is 0 Å². The molecule has 0 radical (unpaired) electrons. The molecule has 0 spiro atoms. The first-order valence-electron chi connectivity index (χ1n) is 16.1. The summed E-state index contributed by atoms with van der Waals surface area (Å²) in [6.45, 7) is 0. The number of guanidine groups is 2. The lowest BCUT2D eigenvalue weighted by atomic mass is 10.0. The second-order valence-corrected chi connectivity index (χ2v) is 11.4. The third-order valence-corrected chi connectivity index (χ3v) is 7.32. The Morgan fingerprint density at radius 2 is 1.02 bits per heavy atom. The first-order valence-corrected chi connectivity index (χ1v) is 16.1. The minimum atomic E-state index is -1.21. The Morgan fingerprint density at radius 3 is 1.40 bits per heavy atom. The van der Waals surface area contributed by atoms with Crippen molar-refractivity contribution in [2.75, 3.05) is 17.7 Å². The number of aliphatic carboxylic acids is 2. The number of anilines is 2. The number of carboxylic acid groups (broad SMARTS) is 3. The van der Waals surface area contributed by atoms with Crippen LogP contribution in [0.25, 0.3) is 0 Å². The molecule has 0 fully saturated rings. The van der Waals surface area contributed by atoms with Crippen LogP contribution in [0.4, 0.5) is 22.7 Å². The van der Waals surface area contributed by atoms with Crippen LogP contribution in [0.1, 0.15) is 65.4 Å². The van der Waals surface area contributed by atoms with E-state index in [2.05, 4.69) is 20.6 Å². The summed E-state index contributed by atoms with van der Waals surface area (Å²) in [4.78, 5) is 77.5. The molecule has 4 rings (SSSR count). The second-order valence-electron chi connectivity index (χ2n) is 11.4. The molecule has 0 bridgehead atoms. The minimum Gasteiger partial charge on any atom is -0.481 e. The van der Waals surface area contributed by atoms with Gasteiger partial charge in [-0.3, -0.25) is 19.2 Å². The van der Waals surface area contributed by atoms with E-state index in [0.717, 1.165) is 0 Å². The highest BCUT2D eigenvalue weighted by Gasteiger charge is 2.17. The van der Waals surface area contributed by atoms with Crippen molar-refractivity contribution in [3.63, 3.8) is 0 Å². The van der Waals surface area contributed by atoms with Crippen LogP contribution in [0.3, 0.4) is 0 Å². The molecule has 0 aliphatic rings. The summed E-state index contributed by atoms with van der Waals surface area (Å²) < 4.78 is 4.74. The molecular formula is C37H38N8O10. The average Bonchev–Trinajstić information content (AvgIpc) is 3.13. The molecule has 0 aromatic heterocycles. The predicted octanol–water partition coefficient (Wildman–Crippen LogP) is 3.21. The van der Waals surface area contributed by atoms with Gasteiger partial charge in [-0.2, -0.15) is 0 Å². The van der Waals surface area contributed by atoms with Gasteiger partial charge in [-0.1, -0.05) is 24.3 Å². The molecule has 0 unspecified atom stereocenters. The van der Waals surface area contributed by atoms with Crippen LogP contribution in [-0.2, 0) is 27.2 Å². The standard InChI is InChI=1S/C19H20N4O5.C18H18N4O5/c1-28-18(27)15-10-14(7-5-11(15)6-8-16(24)25)22-17(26)12-3-2-4-13(9-12)23-19(20)21;19-18(20)22-12-3-1-2-11(8-12)16(25)21-13-6-4-10(5-7-15(23)24)14(9-13)17(26)27/h2-5,7,9-10H,6,8H2,1H3,(H,22,26)(H,24,25)(H4,20,21,23);1-4,6,8-9H,5,7H2,(H,21,25)(H,23,24)(H,26,27)(H4,19,20,22). The average molecular weight is 755 g/mol. The van der Waals surface area contributed by atoms with Crippen LogP contribution in [0.2, 0.25) is 0 Å². The van der Waals surface area contributed by atoms with E-state index in [1.165, 1.54) is 43.5 Å². The zero-order valence-corrected chi connectivity index (χ0v) is 29.3. The Bertz CT molecular complexity index is 2160. The van der Waals surface area contributed by atoms with Crippen LogP contribution in [0.15, 0.2) is 94.9 Å². The molecular weight excluding hydrogens is 716 g/mol. The summed E-state index contributed by atoms with van der Waals surface area (Å²) in [5, 5.41) is 32.2.